The molecule has 0 fully saturated rings. The minimum absolute atomic E-state index is 0.0343. The molecule has 1 atom stereocenters. The maximum Gasteiger partial charge on any atom is 0.226 e. The largest absolute Gasteiger partial charge is 0.550 e. The molecule has 0 spiro atoms. The number of aliphatic carboxylic acids is 1. The maximum absolute atomic E-state index is 11.7. The Bertz CT molecular complexity index is 473. The summed E-state index contributed by atoms with van der Waals surface area (Å²) >= 11 is 0. The Balaban J connectivity index is 2.30. The van der Waals surface area contributed by atoms with Crippen LogP contribution in [0.3, 0.4) is 0 Å². The van der Waals surface area contributed by atoms with E-state index < -0.39 is 5.97 Å². The van der Waals surface area contributed by atoms with Crippen LogP contribution in [0.2, 0.25) is 0 Å². The van der Waals surface area contributed by atoms with Crippen molar-refractivity contribution >= 4 is 23.3 Å². The summed E-state index contributed by atoms with van der Waals surface area (Å²) in [6, 6.07) is 7.37. The van der Waals surface area contributed by atoms with E-state index >= 15 is 0 Å². The highest BCUT2D eigenvalue weighted by Crippen LogP contribution is 2.30. The van der Waals surface area contributed by atoms with Crippen molar-refractivity contribution in [3.05, 3.63) is 24.3 Å². The lowest BCUT2D eigenvalue weighted by Gasteiger charge is -2.30. The highest BCUT2D eigenvalue weighted by Gasteiger charge is 2.24. The molecule has 0 radical (unpaired) electrons. The summed E-state index contributed by atoms with van der Waals surface area (Å²) in [5.74, 6) is -1.13. The fourth-order valence-electron chi connectivity index (χ4n) is 2.20. The lowest BCUT2D eigenvalue weighted by molar-refractivity contribution is -0.305. The Kier molecular flexibility index (Phi) is 3.50. The zero-order valence-electron chi connectivity index (χ0n) is 10.2. The average molecular weight is 247 g/mol. The van der Waals surface area contributed by atoms with Crippen molar-refractivity contribution in [2.45, 2.75) is 25.8 Å². The van der Waals surface area contributed by atoms with E-state index in [1.165, 1.54) is 0 Å². The van der Waals surface area contributed by atoms with E-state index in [4.69, 9.17) is 0 Å². The third-order valence-corrected chi connectivity index (χ3v) is 3.06. The molecule has 1 aliphatic rings. The third kappa shape index (κ3) is 2.61. The molecule has 1 aliphatic heterocycles. The van der Waals surface area contributed by atoms with Gasteiger partial charge in [0.2, 0.25) is 5.91 Å². The van der Waals surface area contributed by atoms with Crippen LogP contribution < -0.4 is 15.3 Å². The number of fused-ring (bicyclic) bond motifs is 1. The Morgan fingerprint density at radius 1 is 1.50 bits per heavy atom. The zero-order chi connectivity index (χ0) is 13.1. The number of nitrogens with one attached hydrogen (secondary N) is 1. The number of nitrogens with zero attached hydrogens (tertiary/aromatic N) is 1. The number of hydrogen-bond donors (Lipinski definition) is 1. The standard InChI is InChI=1S/C13H16N2O3/c1-9-8-12(16)14-10-4-2-3-5-11(10)15(9)7-6-13(17)18/h2-5,9H,6-8H2,1H3,(H,14,16)(H,17,18)/p-1/t9-/m0/s1. The van der Waals surface area contributed by atoms with Crippen molar-refractivity contribution in [1.29, 1.82) is 0 Å². The molecule has 1 aromatic rings. The molecule has 96 valence electrons. The number of amides is 1. The van der Waals surface area contributed by atoms with Gasteiger partial charge in [-0.15, -0.1) is 0 Å². The third-order valence-electron chi connectivity index (χ3n) is 3.06. The SMILES string of the molecule is C[C@H]1CC(=O)Nc2ccccc2N1CCC(=O)[O-]. The molecule has 5 nitrogen and oxygen atoms in total. The predicted octanol–water partition coefficient (Wildman–Crippen LogP) is 0.364. The number of anilines is 2. The molecule has 1 aromatic carbocycles. The number of rotatable bonds is 3. The second-order valence-electron chi connectivity index (χ2n) is 4.43. The van der Waals surface area contributed by atoms with Gasteiger partial charge in [-0.05, 0) is 19.1 Å². The van der Waals surface area contributed by atoms with E-state index in [0.717, 1.165) is 11.4 Å². The Morgan fingerprint density at radius 3 is 2.94 bits per heavy atom. The molecule has 1 heterocycles. The zero-order valence-corrected chi connectivity index (χ0v) is 10.2. The molecule has 1 N–H and O–H groups in total. The second kappa shape index (κ2) is 5.08. The van der Waals surface area contributed by atoms with Crippen molar-refractivity contribution in [1.82, 2.24) is 0 Å². The van der Waals surface area contributed by atoms with Gasteiger partial charge >= 0.3 is 0 Å². The number of carboxylic acids is 1. The fourth-order valence-corrected chi connectivity index (χ4v) is 2.20. The summed E-state index contributed by atoms with van der Waals surface area (Å²) in [6.07, 6.45) is 0.300. The monoisotopic (exact) mass is 247 g/mol. The van der Waals surface area contributed by atoms with Gasteiger partial charge in [-0.2, -0.15) is 0 Å². The van der Waals surface area contributed by atoms with Gasteiger partial charge in [0.1, 0.15) is 0 Å². The highest BCUT2D eigenvalue weighted by atomic mass is 16.4. The molecular formula is C13H15N2O3-. The molecule has 0 bridgehead atoms. The van der Waals surface area contributed by atoms with Crippen LogP contribution in [0.5, 0.6) is 0 Å². The number of carboxylic acid groups (broad SMARTS) is 1. The van der Waals surface area contributed by atoms with Gasteiger partial charge in [-0.1, -0.05) is 12.1 Å². The topological polar surface area (TPSA) is 72.5 Å². The van der Waals surface area contributed by atoms with E-state index in [2.05, 4.69) is 5.32 Å². The van der Waals surface area contributed by atoms with Crippen LogP contribution in [0, 0.1) is 0 Å². The molecule has 0 aromatic heterocycles. The molecule has 2 rings (SSSR count). The maximum atomic E-state index is 11.7. The molecular weight excluding hydrogens is 232 g/mol. The van der Waals surface area contributed by atoms with E-state index in [-0.39, 0.29) is 18.4 Å². The number of hydrogen-bond acceptors (Lipinski definition) is 4. The second-order valence-corrected chi connectivity index (χ2v) is 4.43. The van der Waals surface area contributed by atoms with Crippen LogP contribution in [0.1, 0.15) is 19.8 Å². The summed E-state index contributed by atoms with van der Waals surface area (Å²) in [4.78, 5) is 24.2. The summed E-state index contributed by atoms with van der Waals surface area (Å²) in [5, 5.41) is 13.4. The van der Waals surface area contributed by atoms with Crippen molar-refractivity contribution in [3.63, 3.8) is 0 Å². The fraction of sp³-hybridized carbons (Fsp3) is 0.385. The molecule has 0 aliphatic carbocycles. The van der Waals surface area contributed by atoms with Crippen LogP contribution in [-0.4, -0.2) is 24.5 Å². The smallest absolute Gasteiger partial charge is 0.226 e. The first-order valence-corrected chi connectivity index (χ1v) is 5.93. The van der Waals surface area contributed by atoms with Crippen LogP contribution in [0.25, 0.3) is 0 Å². The molecule has 5 heteroatoms. The Labute approximate surface area is 105 Å². The predicted molar refractivity (Wildman–Crippen MR) is 66.1 cm³/mol. The Morgan fingerprint density at radius 2 is 2.22 bits per heavy atom. The minimum atomic E-state index is -1.08. The van der Waals surface area contributed by atoms with Gasteiger partial charge in [0.15, 0.2) is 0 Å². The molecule has 1 amide bonds. The van der Waals surface area contributed by atoms with Crippen LogP contribution in [-0.2, 0) is 9.59 Å². The van der Waals surface area contributed by atoms with Gasteiger partial charge in [-0.25, -0.2) is 0 Å². The first kappa shape index (κ1) is 12.4. The highest BCUT2D eigenvalue weighted by molar-refractivity contribution is 5.96. The quantitative estimate of drug-likeness (QED) is 0.837. The number of benzene rings is 1. The van der Waals surface area contributed by atoms with E-state index in [9.17, 15) is 14.7 Å². The summed E-state index contributed by atoms with van der Waals surface area (Å²) < 4.78 is 0. The van der Waals surface area contributed by atoms with Crippen molar-refractivity contribution < 1.29 is 14.7 Å². The van der Waals surface area contributed by atoms with Crippen LogP contribution in [0.4, 0.5) is 11.4 Å². The first-order valence-electron chi connectivity index (χ1n) is 5.93. The molecule has 0 saturated heterocycles. The number of para-hydroxylation sites is 2. The number of carbonyl (C=O) groups excluding carboxylic acids is 2. The van der Waals surface area contributed by atoms with E-state index in [1.54, 1.807) is 0 Å². The van der Waals surface area contributed by atoms with Crippen molar-refractivity contribution in [2.75, 3.05) is 16.8 Å². The Hall–Kier alpha value is -2.04. The molecule has 0 saturated carbocycles. The molecule has 18 heavy (non-hydrogen) atoms. The normalized spacial score (nSPS) is 18.8. The summed E-state index contributed by atoms with van der Waals surface area (Å²) in [5.41, 5.74) is 1.59. The molecule has 0 unspecified atom stereocenters. The van der Waals surface area contributed by atoms with E-state index in [0.29, 0.717) is 13.0 Å². The van der Waals surface area contributed by atoms with Gasteiger partial charge in [0.25, 0.3) is 0 Å². The first-order chi connectivity index (χ1) is 8.58. The van der Waals surface area contributed by atoms with Crippen LogP contribution in [0.15, 0.2) is 24.3 Å². The summed E-state index contributed by atoms with van der Waals surface area (Å²) in [7, 11) is 0. The van der Waals surface area contributed by atoms with E-state index in [1.807, 2.05) is 36.1 Å². The van der Waals surface area contributed by atoms with Crippen molar-refractivity contribution in [3.8, 4) is 0 Å². The minimum Gasteiger partial charge on any atom is -0.550 e. The lowest BCUT2D eigenvalue weighted by atomic mass is 10.1. The van der Waals surface area contributed by atoms with Crippen LogP contribution >= 0.6 is 0 Å². The van der Waals surface area contributed by atoms with Gasteiger partial charge < -0.3 is 20.1 Å². The van der Waals surface area contributed by atoms with Gasteiger partial charge in [0.05, 0.1) is 11.4 Å². The average Bonchev–Trinajstić information content (AvgIpc) is 2.41. The van der Waals surface area contributed by atoms with Gasteiger partial charge in [-0.3, -0.25) is 4.79 Å². The van der Waals surface area contributed by atoms with Gasteiger partial charge in [0, 0.05) is 31.4 Å². The lowest BCUT2D eigenvalue weighted by Crippen LogP contribution is -2.37. The summed E-state index contributed by atoms with van der Waals surface area (Å²) in [6.45, 7) is 2.26. The number of carbonyl (C=O) groups is 2. The van der Waals surface area contributed by atoms with Crippen molar-refractivity contribution in [2.24, 2.45) is 0 Å².